The van der Waals surface area contributed by atoms with Gasteiger partial charge in [-0.1, -0.05) is 140 Å². The van der Waals surface area contributed by atoms with Gasteiger partial charge in [0.2, 0.25) is 0 Å². The van der Waals surface area contributed by atoms with Crippen molar-refractivity contribution in [2.24, 2.45) is 0 Å². The minimum Gasteiger partial charge on any atom is -0.456 e. The summed E-state index contributed by atoms with van der Waals surface area (Å²) in [5.74, 6) is 0. The number of furan rings is 1. The molecule has 0 fully saturated rings. The molecule has 46 heavy (non-hydrogen) atoms. The first-order valence-electron chi connectivity index (χ1n) is 15.7. The zero-order valence-electron chi connectivity index (χ0n) is 24.8. The number of hydrogen-bond donors (Lipinski definition) is 0. The smallest absolute Gasteiger partial charge is 0.136 e. The molecule has 0 saturated heterocycles. The lowest BCUT2D eigenvalue weighted by molar-refractivity contribution is 0.669. The van der Waals surface area contributed by atoms with Crippen LogP contribution < -0.4 is 0 Å². The summed E-state index contributed by atoms with van der Waals surface area (Å²) in [7, 11) is 0. The van der Waals surface area contributed by atoms with Gasteiger partial charge in [-0.25, -0.2) is 0 Å². The molecule has 1 nitrogen and oxygen atoms in total. The summed E-state index contributed by atoms with van der Waals surface area (Å²) in [6, 6.07) is 57.2. The third-order valence-corrected chi connectivity index (χ3v) is 10.6. The molecule has 2 aromatic heterocycles. The van der Waals surface area contributed by atoms with Crippen molar-refractivity contribution < 1.29 is 4.42 Å². The second kappa shape index (κ2) is 9.90. The lowest BCUT2D eigenvalue weighted by Crippen LogP contribution is -1.91. The summed E-state index contributed by atoms with van der Waals surface area (Å²) < 4.78 is 7.67. The minimum absolute atomic E-state index is 0.927. The lowest BCUT2D eigenvalue weighted by atomic mass is 9.85. The number of rotatable bonds is 3. The maximum Gasteiger partial charge on any atom is 0.136 e. The molecule has 0 atom stereocenters. The van der Waals surface area contributed by atoms with Crippen LogP contribution in [0.25, 0.3) is 97.0 Å². The standard InChI is InChI=1S/C44H26OS/c1-2-14-28(15-3-1)41-37-25-39-36(30-18-10-11-24-38(30)45-39)26-40(37)46-44(41)43-34-21-8-6-19-32(34)42(33-20-7-9-22-35(33)43)31-23-12-16-27-13-4-5-17-29(27)31/h1-26H. The highest BCUT2D eigenvalue weighted by molar-refractivity contribution is 7.23. The van der Waals surface area contributed by atoms with Crippen molar-refractivity contribution >= 4 is 75.7 Å². The minimum atomic E-state index is 0.927. The molecule has 0 radical (unpaired) electrons. The van der Waals surface area contributed by atoms with Crippen molar-refractivity contribution in [3.05, 3.63) is 158 Å². The summed E-state index contributed by atoms with van der Waals surface area (Å²) in [6.07, 6.45) is 0. The Morgan fingerprint density at radius 1 is 0.370 bits per heavy atom. The highest BCUT2D eigenvalue weighted by Crippen LogP contribution is 2.52. The van der Waals surface area contributed by atoms with Gasteiger partial charge in [0.25, 0.3) is 0 Å². The quantitative estimate of drug-likeness (QED) is 0.183. The molecule has 0 aliphatic heterocycles. The molecule has 10 aromatic rings. The Morgan fingerprint density at radius 3 is 1.70 bits per heavy atom. The molecule has 2 heteroatoms. The predicted molar refractivity (Wildman–Crippen MR) is 198 cm³/mol. The Hall–Kier alpha value is -5.70. The van der Waals surface area contributed by atoms with Crippen LogP contribution >= 0.6 is 11.3 Å². The second-order valence-electron chi connectivity index (χ2n) is 12.0. The van der Waals surface area contributed by atoms with E-state index in [4.69, 9.17) is 4.42 Å². The van der Waals surface area contributed by atoms with Gasteiger partial charge >= 0.3 is 0 Å². The van der Waals surface area contributed by atoms with Crippen LogP contribution in [0.2, 0.25) is 0 Å². The number of hydrogen-bond acceptors (Lipinski definition) is 2. The number of thiophene rings is 1. The molecule has 0 N–H and O–H groups in total. The van der Waals surface area contributed by atoms with E-state index in [1.54, 1.807) is 0 Å². The Labute approximate surface area is 269 Å². The molecule has 0 aliphatic rings. The molecule has 2 heterocycles. The van der Waals surface area contributed by atoms with Crippen LogP contribution in [-0.4, -0.2) is 0 Å². The Balaban J connectivity index is 1.37. The first kappa shape index (κ1) is 25.6. The van der Waals surface area contributed by atoms with Gasteiger partial charge in [0.05, 0.1) is 0 Å². The van der Waals surface area contributed by atoms with Crippen molar-refractivity contribution in [1.29, 1.82) is 0 Å². The Bertz CT molecular complexity index is 2740. The van der Waals surface area contributed by atoms with E-state index in [0.29, 0.717) is 0 Å². The van der Waals surface area contributed by atoms with Crippen molar-refractivity contribution in [3.63, 3.8) is 0 Å². The van der Waals surface area contributed by atoms with Gasteiger partial charge in [0, 0.05) is 36.9 Å². The monoisotopic (exact) mass is 602 g/mol. The maximum atomic E-state index is 6.41. The van der Waals surface area contributed by atoms with Gasteiger partial charge in [-0.15, -0.1) is 11.3 Å². The van der Waals surface area contributed by atoms with Gasteiger partial charge in [0.1, 0.15) is 11.2 Å². The number of benzene rings is 8. The molecule has 0 amide bonds. The van der Waals surface area contributed by atoms with Crippen molar-refractivity contribution in [3.8, 4) is 32.7 Å². The first-order chi connectivity index (χ1) is 22.8. The van der Waals surface area contributed by atoms with Gasteiger partial charge in [-0.2, -0.15) is 0 Å². The largest absolute Gasteiger partial charge is 0.456 e. The van der Waals surface area contributed by atoms with E-state index in [2.05, 4.69) is 152 Å². The van der Waals surface area contributed by atoms with Crippen LogP contribution in [0, 0.1) is 0 Å². The molecule has 10 rings (SSSR count). The summed E-state index contributed by atoms with van der Waals surface area (Å²) in [6.45, 7) is 0. The van der Waals surface area contributed by atoms with E-state index in [1.165, 1.54) is 75.1 Å². The fourth-order valence-corrected chi connectivity index (χ4v) is 8.81. The molecule has 0 aliphatic carbocycles. The van der Waals surface area contributed by atoms with Crippen LogP contribution in [0.5, 0.6) is 0 Å². The van der Waals surface area contributed by atoms with Gasteiger partial charge in [0.15, 0.2) is 0 Å². The van der Waals surface area contributed by atoms with Crippen molar-refractivity contribution in [2.75, 3.05) is 0 Å². The molecule has 0 unspecified atom stereocenters. The highest BCUT2D eigenvalue weighted by Gasteiger charge is 2.24. The summed E-state index contributed by atoms with van der Waals surface area (Å²) in [4.78, 5) is 1.29. The summed E-state index contributed by atoms with van der Waals surface area (Å²) in [5.41, 5.74) is 8.18. The molecule has 0 spiro atoms. The molecule has 8 aromatic carbocycles. The maximum absolute atomic E-state index is 6.41. The van der Waals surface area contributed by atoms with E-state index in [9.17, 15) is 0 Å². The van der Waals surface area contributed by atoms with Crippen LogP contribution in [0.4, 0.5) is 0 Å². The van der Waals surface area contributed by atoms with Crippen molar-refractivity contribution in [1.82, 2.24) is 0 Å². The number of para-hydroxylation sites is 1. The average Bonchev–Trinajstić information content (AvgIpc) is 3.67. The molecule has 0 saturated carbocycles. The normalized spacial score (nSPS) is 11.9. The van der Waals surface area contributed by atoms with Crippen LogP contribution in [0.3, 0.4) is 0 Å². The fourth-order valence-electron chi connectivity index (χ4n) is 7.49. The predicted octanol–water partition coefficient (Wildman–Crippen LogP) is 13.3. The van der Waals surface area contributed by atoms with E-state index >= 15 is 0 Å². The van der Waals surface area contributed by atoms with Gasteiger partial charge in [-0.05, 0) is 67.2 Å². The van der Waals surface area contributed by atoms with Crippen molar-refractivity contribution in [2.45, 2.75) is 0 Å². The molecular formula is C44H26OS. The fraction of sp³-hybridized carbons (Fsp3) is 0. The Kier molecular flexibility index (Phi) is 5.51. The van der Waals surface area contributed by atoms with E-state index < -0.39 is 0 Å². The molecular weight excluding hydrogens is 577 g/mol. The van der Waals surface area contributed by atoms with Crippen LogP contribution in [-0.2, 0) is 0 Å². The van der Waals surface area contributed by atoms with Gasteiger partial charge in [-0.3, -0.25) is 0 Å². The first-order valence-corrected chi connectivity index (χ1v) is 16.5. The van der Waals surface area contributed by atoms with Gasteiger partial charge < -0.3 is 4.42 Å². The van der Waals surface area contributed by atoms with Crippen LogP contribution in [0.15, 0.2) is 162 Å². The third kappa shape index (κ3) is 3.68. The van der Waals surface area contributed by atoms with E-state index in [1.807, 2.05) is 17.4 Å². The second-order valence-corrected chi connectivity index (χ2v) is 13.0. The Morgan fingerprint density at radius 2 is 0.957 bits per heavy atom. The molecule has 0 bridgehead atoms. The third-order valence-electron chi connectivity index (χ3n) is 9.47. The topological polar surface area (TPSA) is 13.1 Å². The zero-order chi connectivity index (χ0) is 30.2. The zero-order valence-corrected chi connectivity index (χ0v) is 25.6. The molecule has 214 valence electrons. The van der Waals surface area contributed by atoms with E-state index in [0.717, 1.165) is 21.9 Å². The average molecular weight is 603 g/mol. The van der Waals surface area contributed by atoms with Crippen LogP contribution in [0.1, 0.15) is 0 Å². The number of fused-ring (bicyclic) bond motifs is 7. The summed E-state index contributed by atoms with van der Waals surface area (Å²) >= 11 is 1.89. The van der Waals surface area contributed by atoms with E-state index in [-0.39, 0.29) is 0 Å². The SMILES string of the molecule is c1ccc(-c2c(-c3c4ccccc4c(-c4cccc5ccccc45)c4ccccc34)sc3cc4c(cc23)oc2ccccc24)cc1. The highest BCUT2D eigenvalue weighted by atomic mass is 32.1. The lowest BCUT2D eigenvalue weighted by Gasteiger charge is -2.19. The summed E-state index contributed by atoms with van der Waals surface area (Å²) in [5, 5.41) is 11.1.